The van der Waals surface area contributed by atoms with Gasteiger partial charge in [-0.2, -0.15) is 0 Å². The van der Waals surface area contributed by atoms with Crippen molar-refractivity contribution in [3.8, 4) is 0 Å². The lowest BCUT2D eigenvalue weighted by molar-refractivity contribution is 0.151. The summed E-state index contributed by atoms with van der Waals surface area (Å²) in [7, 11) is 0. The van der Waals surface area contributed by atoms with E-state index in [2.05, 4.69) is 12.2 Å². The van der Waals surface area contributed by atoms with Crippen molar-refractivity contribution in [1.29, 1.82) is 0 Å². The first kappa shape index (κ1) is 10.9. The number of hydrogen-bond donors (Lipinski definition) is 1. The van der Waals surface area contributed by atoms with Gasteiger partial charge in [-0.15, -0.1) is 11.8 Å². The van der Waals surface area contributed by atoms with Gasteiger partial charge in [0.1, 0.15) is 0 Å². The van der Waals surface area contributed by atoms with Crippen LogP contribution in [0, 0.1) is 0 Å². The molecule has 1 nitrogen and oxygen atoms in total. The monoisotopic (exact) mass is 229 g/mol. The summed E-state index contributed by atoms with van der Waals surface area (Å²) in [5.41, 5.74) is 1.05. The van der Waals surface area contributed by atoms with Gasteiger partial charge in [0.05, 0.1) is 5.37 Å². The largest absolute Gasteiger partial charge is 0.298 e. The average Bonchev–Trinajstić information content (AvgIpc) is 2.65. The molecule has 1 heterocycles. The van der Waals surface area contributed by atoms with E-state index in [0.29, 0.717) is 6.04 Å². The van der Waals surface area contributed by atoms with Crippen LogP contribution in [0.4, 0.5) is 8.78 Å². The first-order valence-corrected chi connectivity index (χ1v) is 5.97. The van der Waals surface area contributed by atoms with E-state index in [9.17, 15) is 8.78 Å². The molecule has 2 rings (SSSR count). The molecule has 1 aromatic carbocycles. The van der Waals surface area contributed by atoms with Crippen LogP contribution in [-0.2, 0) is 0 Å². The maximum absolute atomic E-state index is 12.5. The van der Waals surface area contributed by atoms with Gasteiger partial charge in [0.25, 0.3) is 6.43 Å². The fraction of sp³-hybridized carbons (Fsp3) is 0.455. The molecular weight excluding hydrogens is 216 g/mol. The molecule has 0 spiro atoms. The second kappa shape index (κ2) is 4.49. The Morgan fingerprint density at radius 2 is 2.27 bits per heavy atom. The number of rotatable bonds is 2. The topological polar surface area (TPSA) is 12.0 Å². The van der Waals surface area contributed by atoms with Crippen LogP contribution in [0.25, 0.3) is 0 Å². The second-order valence-electron chi connectivity index (χ2n) is 3.75. The van der Waals surface area contributed by atoms with Gasteiger partial charge in [-0.05, 0) is 18.6 Å². The maximum Gasteiger partial charge on any atom is 0.263 e. The van der Waals surface area contributed by atoms with Crippen LogP contribution in [0.15, 0.2) is 24.3 Å². The smallest absolute Gasteiger partial charge is 0.263 e. The number of halogens is 2. The molecule has 1 aromatic rings. The SMILES string of the molecule is CC1CSC(c2cccc(C(F)F)c2)N1. The molecule has 4 heteroatoms. The van der Waals surface area contributed by atoms with E-state index in [0.717, 1.165) is 11.3 Å². The Hall–Kier alpha value is -0.610. The van der Waals surface area contributed by atoms with Gasteiger partial charge in [-0.3, -0.25) is 5.32 Å². The minimum Gasteiger partial charge on any atom is -0.298 e. The molecule has 82 valence electrons. The van der Waals surface area contributed by atoms with Crippen molar-refractivity contribution in [2.75, 3.05) is 5.75 Å². The van der Waals surface area contributed by atoms with E-state index < -0.39 is 6.43 Å². The number of hydrogen-bond acceptors (Lipinski definition) is 2. The summed E-state index contributed by atoms with van der Waals surface area (Å²) in [5.74, 6) is 1.03. The highest BCUT2D eigenvalue weighted by molar-refractivity contribution is 7.99. The lowest BCUT2D eigenvalue weighted by Crippen LogP contribution is -2.21. The van der Waals surface area contributed by atoms with Crippen molar-refractivity contribution >= 4 is 11.8 Å². The molecule has 0 saturated carbocycles. The standard InChI is InChI=1S/C11H13F2NS/c1-7-6-15-11(14-7)9-4-2-3-8(5-9)10(12)13/h2-5,7,10-11,14H,6H2,1H3. The molecule has 0 aliphatic carbocycles. The number of alkyl halides is 2. The Bertz CT molecular complexity index is 343. The van der Waals surface area contributed by atoms with Gasteiger partial charge >= 0.3 is 0 Å². The molecule has 1 aliphatic heterocycles. The van der Waals surface area contributed by atoms with E-state index in [1.54, 1.807) is 23.9 Å². The van der Waals surface area contributed by atoms with Crippen LogP contribution < -0.4 is 5.32 Å². The predicted molar refractivity (Wildman–Crippen MR) is 59.2 cm³/mol. The maximum atomic E-state index is 12.5. The summed E-state index contributed by atoms with van der Waals surface area (Å²) in [6.07, 6.45) is -2.38. The van der Waals surface area contributed by atoms with E-state index >= 15 is 0 Å². The third-order valence-electron chi connectivity index (χ3n) is 2.41. The predicted octanol–water partition coefficient (Wildman–Crippen LogP) is 3.35. The summed E-state index contributed by atoms with van der Waals surface area (Å²) in [6, 6.07) is 7.11. The molecule has 0 bridgehead atoms. The Morgan fingerprint density at radius 3 is 2.87 bits per heavy atom. The van der Waals surface area contributed by atoms with Gasteiger partial charge in [0.15, 0.2) is 0 Å². The van der Waals surface area contributed by atoms with Crippen LogP contribution >= 0.6 is 11.8 Å². The Morgan fingerprint density at radius 1 is 1.47 bits per heavy atom. The minimum absolute atomic E-state index is 0.106. The molecule has 0 aromatic heterocycles. The summed E-state index contributed by atoms with van der Waals surface area (Å²) >= 11 is 1.77. The summed E-state index contributed by atoms with van der Waals surface area (Å²) in [4.78, 5) is 0. The fourth-order valence-corrected chi connectivity index (χ4v) is 2.89. The number of benzene rings is 1. The first-order chi connectivity index (χ1) is 7.16. The lowest BCUT2D eigenvalue weighted by atomic mass is 10.1. The zero-order chi connectivity index (χ0) is 10.8. The molecule has 15 heavy (non-hydrogen) atoms. The zero-order valence-electron chi connectivity index (χ0n) is 8.41. The van der Waals surface area contributed by atoms with Crippen molar-refractivity contribution in [3.63, 3.8) is 0 Å². The van der Waals surface area contributed by atoms with E-state index in [1.807, 2.05) is 6.07 Å². The molecule has 1 N–H and O–H groups in total. The highest BCUT2D eigenvalue weighted by atomic mass is 32.2. The van der Waals surface area contributed by atoms with Crippen molar-refractivity contribution in [2.45, 2.75) is 24.8 Å². The quantitative estimate of drug-likeness (QED) is 0.834. The number of thioether (sulfide) groups is 1. The van der Waals surface area contributed by atoms with Crippen molar-refractivity contribution in [1.82, 2.24) is 5.32 Å². The molecule has 2 atom stereocenters. The van der Waals surface area contributed by atoms with Crippen LogP contribution in [-0.4, -0.2) is 11.8 Å². The van der Waals surface area contributed by atoms with Gasteiger partial charge in [-0.25, -0.2) is 8.78 Å². The molecule has 0 radical (unpaired) electrons. The molecular formula is C11H13F2NS. The normalized spacial score (nSPS) is 26.1. The summed E-state index contributed by atoms with van der Waals surface area (Å²) < 4.78 is 25.0. The summed E-state index contributed by atoms with van der Waals surface area (Å²) in [5, 5.41) is 3.52. The zero-order valence-corrected chi connectivity index (χ0v) is 9.23. The molecule has 0 amide bonds. The summed E-state index contributed by atoms with van der Waals surface area (Å²) in [6.45, 7) is 2.10. The Labute approximate surface area is 92.3 Å². The molecule has 2 unspecified atom stereocenters. The van der Waals surface area contributed by atoms with Crippen LogP contribution in [0.5, 0.6) is 0 Å². The second-order valence-corrected chi connectivity index (χ2v) is 4.89. The van der Waals surface area contributed by atoms with Gasteiger partial charge < -0.3 is 0 Å². The third kappa shape index (κ3) is 2.49. The van der Waals surface area contributed by atoms with Crippen LogP contribution in [0.3, 0.4) is 0 Å². The van der Waals surface area contributed by atoms with E-state index in [-0.39, 0.29) is 10.9 Å². The van der Waals surface area contributed by atoms with Crippen LogP contribution in [0.1, 0.15) is 29.8 Å². The Kier molecular flexibility index (Phi) is 3.26. The lowest BCUT2D eigenvalue weighted by Gasteiger charge is -2.12. The van der Waals surface area contributed by atoms with Crippen molar-refractivity contribution < 1.29 is 8.78 Å². The van der Waals surface area contributed by atoms with E-state index in [1.165, 1.54) is 6.07 Å². The van der Waals surface area contributed by atoms with Crippen molar-refractivity contribution in [2.24, 2.45) is 0 Å². The van der Waals surface area contributed by atoms with Gasteiger partial charge in [-0.1, -0.05) is 18.2 Å². The highest BCUT2D eigenvalue weighted by Crippen LogP contribution is 2.33. The molecule has 1 aliphatic rings. The third-order valence-corrected chi connectivity index (χ3v) is 3.85. The van der Waals surface area contributed by atoms with Crippen molar-refractivity contribution in [3.05, 3.63) is 35.4 Å². The van der Waals surface area contributed by atoms with Gasteiger partial charge in [0, 0.05) is 17.4 Å². The van der Waals surface area contributed by atoms with Gasteiger partial charge in [0.2, 0.25) is 0 Å². The molecule has 1 fully saturated rings. The van der Waals surface area contributed by atoms with Crippen LogP contribution in [0.2, 0.25) is 0 Å². The fourth-order valence-electron chi connectivity index (χ4n) is 1.65. The number of nitrogens with one attached hydrogen (secondary N) is 1. The molecule has 1 saturated heterocycles. The Balaban J connectivity index is 2.18. The minimum atomic E-state index is -2.38. The first-order valence-electron chi connectivity index (χ1n) is 4.92. The highest BCUT2D eigenvalue weighted by Gasteiger charge is 2.22. The van der Waals surface area contributed by atoms with E-state index in [4.69, 9.17) is 0 Å². The average molecular weight is 229 g/mol.